The van der Waals surface area contributed by atoms with Gasteiger partial charge in [-0.25, -0.2) is 0 Å². The molecule has 1 saturated carbocycles. The maximum absolute atomic E-state index is 12.8. The van der Waals surface area contributed by atoms with Crippen LogP contribution in [-0.2, 0) is 14.9 Å². The van der Waals surface area contributed by atoms with E-state index in [-0.39, 0.29) is 17.4 Å². The van der Waals surface area contributed by atoms with Crippen LogP contribution in [0, 0.1) is 17.8 Å². The van der Waals surface area contributed by atoms with Crippen molar-refractivity contribution in [3.63, 3.8) is 0 Å². The van der Waals surface area contributed by atoms with Gasteiger partial charge in [0.15, 0.2) is 0 Å². The number of amides is 1. The second-order valence-electron chi connectivity index (χ2n) is 8.92. The van der Waals surface area contributed by atoms with Gasteiger partial charge in [0.05, 0.1) is 18.8 Å². The molecule has 1 spiro atoms. The maximum atomic E-state index is 12.8. The molecule has 0 radical (unpaired) electrons. The Balaban J connectivity index is 1.60. The average molecular weight is 338 g/mol. The van der Waals surface area contributed by atoms with Crippen molar-refractivity contribution in [1.82, 2.24) is 4.90 Å². The minimum absolute atomic E-state index is 0.123. The lowest BCUT2D eigenvalue weighted by atomic mass is 9.53. The van der Waals surface area contributed by atoms with Gasteiger partial charge in [-0.1, -0.05) is 18.2 Å². The van der Waals surface area contributed by atoms with Crippen LogP contribution in [0.25, 0.3) is 0 Å². The molecule has 1 aliphatic carbocycles. The molecule has 4 heteroatoms. The first kappa shape index (κ1) is 14.7. The average Bonchev–Trinajstić information content (AvgIpc) is 3.14. The quantitative estimate of drug-likeness (QED) is 0.728. The minimum Gasteiger partial charge on any atom is -0.378 e. The molecule has 1 unspecified atom stereocenters. The summed E-state index contributed by atoms with van der Waals surface area (Å²) in [6.45, 7) is 7.18. The molecule has 25 heavy (non-hydrogen) atoms. The van der Waals surface area contributed by atoms with Crippen LogP contribution in [0.5, 0.6) is 0 Å². The second kappa shape index (κ2) is 4.66. The smallest absolute Gasteiger partial charge is 0.224 e. The highest BCUT2D eigenvalue weighted by Crippen LogP contribution is 2.64. The summed E-state index contributed by atoms with van der Waals surface area (Å²) in [6.07, 6.45) is 2.83. The lowest BCUT2D eigenvalue weighted by molar-refractivity contribution is -0.153. The Hall–Kier alpha value is -1.39. The fourth-order valence-electron chi connectivity index (χ4n) is 7.43. The molecule has 4 nitrogen and oxygen atoms in total. The van der Waals surface area contributed by atoms with E-state index >= 15 is 0 Å². The van der Waals surface area contributed by atoms with E-state index in [1.807, 2.05) is 0 Å². The van der Waals surface area contributed by atoms with Crippen molar-refractivity contribution in [2.24, 2.45) is 17.8 Å². The van der Waals surface area contributed by atoms with Crippen molar-refractivity contribution in [2.45, 2.75) is 50.3 Å². The SMILES string of the molecule is CC(=O)N1c2ccccc2C23CCN4C[C@@H]5[C@H](C[C@H]42)[C@@H](CO[C@@H]5C)[C@H]13. The van der Waals surface area contributed by atoms with Gasteiger partial charge in [-0.2, -0.15) is 0 Å². The molecule has 0 aromatic heterocycles. The van der Waals surface area contributed by atoms with Gasteiger partial charge in [-0.15, -0.1) is 0 Å². The molecule has 7 atom stereocenters. The first-order valence-corrected chi connectivity index (χ1v) is 9.88. The Morgan fingerprint density at radius 2 is 2.08 bits per heavy atom. The molecular formula is C21H26N2O2. The number of para-hydroxylation sites is 1. The third-order valence-electron chi connectivity index (χ3n) is 8.26. The second-order valence-corrected chi connectivity index (χ2v) is 8.92. The zero-order chi connectivity index (χ0) is 16.9. The zero-order valence-corrected chi connectivity index (χ0v) is 15.0. The van der Waals surface area contributed by atoms with Crippen molar-refractivity contribution in [3.05, 3.63) is 29.8 Å². The fraction of sp³-hybridized carbons (Fsp3) is 0.667. The van der Waals surface area contributed by atoms with Crippen molar-refractivity contribution in [3.8, 4) is 0 Å². The number of nitrogens with zero attached hydrogens (tertiary/aromatic N) is 2. The topological polar surface area (TPSA) is 32.8 Å². The van der Waals surface area contributed by atoms with E-state index in [0.717, 1.165) is 6.61 Å². The molecule has 2 bridgehead atoms. The predicted molar refractivity (Wildman–Crippen MR) is 95.5 cm³/mol. The molecule has 0 N–H and O–H groups in total. The highest BCUT2D eigenvalue weighted by Gasteiger charge is 2.69. The Kier molecular flexibility index (Phi) is 2.75. The maximum Gasteiger partial charge on any atom is 0.224 e. The van der Waals surface area contributed by atoms with Gasteiger partial charge in [-0.05, 0) is 43.9 Å². The molecule has 1 aromatic carbocycles. The van der Waals surface area contributed by atoms with E-state index < -0.39 is 0 Å². The summed E-state index contributed by atoms with van der Waals surface area (Å²) in [5.74, 6) is 2.01. The highest BCUT2D eigenvalue weighted by molar-refractivity contribution is 5.96. The Morgan fingerprint density at radius 1 is 1.24 bits per heavy atom. The van der Waals surface area contributed by atoms with E-state index in [1.165, 1.54) is 37.2 Å². The van der Waals surface area contributed by atoms with Crippen LogP contribution in [0.2, 0.25) is 0 Å². The molecule has 6 rings (SSSR count). The summed E-state index contributed by atoms with van der Waals surface area (Å²) in [7, 11) is 0. The van der Waals surface area contributed by atoms with E-state index in [9.17, 15) is 4.79 Å². The lowest BCUT2D eigenvalue weighted by Gasteiger charge is -2.60. The van der Waals surface area contributed by atoms with E-state index in [1.54, 1.807) is 6.92 Å². The number of ether oxygens (including phenoxy) is 1. The third kappa shape index (κ3) is 1.55. The molecule has 132 valence electrons. The van der Waals surface area contributed by atoms with Gasteiger partial charge >= 0.3 is 0 Å². The standard InChI is InChI=1S/C21H26N2O2/c1-12-15-10-22-8-7-21-17-5-3-4-6-18(17)23(13(2)24)20(21)16(11-25-12)14(15)9-19(21)22/h3-6,12,14-16,19-20H,7-11H2,1-2H3/t12-,14+,15+,16-,19+,20+,21?/m1/s1. The van der Waals surface area contributed by atoms with Crippen LogP contribution in [0.4, 0.5) is 5.69 Å². The van der Waals surface area contributed by atoms with Crippen LogP contribution in [0.3, 0.4) is 0 Å². The van der Waals surface area contributed by atoms with Crippen molar-refractivity contribution < 1.29 is 9.53 Å². The zero-order valence-electron chi connectivity index (χ0n) is 15.0. The van der Waals surface area contributed by atoms with Gasteiger partial charge in [0.1, 0.15) is 0 Å². The highest BCUT2D eigenvalue weighted by atomic mass is 16.5. The number of hydrogen-bond acceptors (Lipinski definition) is 3. The molecule has 4 aliphatic heterocycles. The molecule has 4 fully saturated rings. The predicted octanol–water partition coefficient (Wildman–Crippen LogP) is 2.42. The number of fused-ring (bicyclic) bond motifs is 2. The molecule has 3 saturated heterocycles. The Labute approximate surface area is 149 Å². The molecule has 4 heterocycles. The number of rotatable bonds is 0. The Bertz CT molecular complexity index is 764. The summed E-state index contributed by atoms with van der Waals surface area (Å²) in [6, 6.07) is 9.60. The summed E-state index contributed by atoms with van der Waals surface area (Å²) < 4.78 is 6.27. The minimum atomic E-state index is 0.123. The number of carbonyl (C=O) groups excluding carboxylic acids is 1. The van der Waals surface area contributed by atoms with E-state index in [2.05, 4.69) is 41.0 Å². The van der Waals surface area contributed by atoms with Gasteiger partial charge in [0.2, 0.25) is 5.91 Å². The Morgan fingerprint density at radius 3 is 2.92 bits per heavy atom. The fourth-order valence-corrected chi connectivity index (χ4v) is 7.43. The normalized spacial score (nSPS) is 46.7. The number of carbonyl (C=O) groups is 1. The molecular weight excluding hydrogens is 312 g/mol. The van der Waals surface area contributed by atoms with Crippen LogP contribution >= 0.6 is 0 Å². The van der Waals surface area contributed by atoms with Gasteiger partial charge in [-0.3, -0.25) is 9.69 Å². The molecule has 1 amide bonds. The lowest BCUT2D eigenvalue weighted by Crippen LogP contribution is -2.69. The largest absolute Gasteiger partial charge is 0.378 e. The number of piperidine rings is 1. The van der Waals surface area contributed by atoms with Crippen molar-refractivity contribution >= 4 is 11.6 Å². The van der Waals surface area contributed by atoms with E-state index in [0.29, 0.717) is 29.9 Å². The van der Waals surface area contributed by atoms with Crippen LogP contribution in [0.15, 0.2) is 24.3 Å². The summed E-state index contributed by atoms with van der Waals surface area (Å²) >= 11 is 0. The van der Waals surface area contributed by atoms with Gasteiger partial charge in [0, 0.05) is 42.4 Å². The molecule has 1 aromatic rings. The third-order valence-corrected chi connectivity index (χ3v) is 8.26. The first-order valence-electron chi connectivity index (χ1n) is 9.88. The molecule has 5 aliphatic rings. The number of anilines is 1. The summed E-state index contributed by atoms with van der Waals surface area (Å²) in [5, 5.41) is 0. The van der Waals surface area contributed by atoms with Crippen molar-refractivity contribution in [2.75, 3.05) is 24.6 Å². The van der Waals surface area contributed by atoms with Gasteiger partial charge in [0.25, 0.3) is 0 Å². The summed E-state index contributed by atoms with van der Waals surface area (Å²) in [4.78, 5) is 17.6. The van der Waals surface area contributed by atoms with Crippen LogP contribution in [0.1, 0.15) is 32.3 Å². The van der Waals surface area contributed by atoms with Crippen LogP contribution in [-0.4, -0.2) is 48.7 Å². The number of benzene rings is 1. The van der Waals surface area contributed by atoms with Crippen molar-refractivity contribution in [1.29, 1.82) is 0 Å². The van der Waals surface area contributed by atoms with Crippen LogP contribution < -0.4 is 4.90 Å². The van der Waals surface area contributed by atoms with E-state index in [4.69, 9.17) is 4.74 Å². The first-order chi connectivity index (χ1) is 12.1. The number of hydrogen-bond donors (Lipinski definition) is 0. The monoisotopic (exact) mass is 338 g/mol. The summed E-state index contributed by atoms with van der Waals surface area (Å²) in [5.41, 5.74) is 2.72. The van der Waals surface area contributed by atoms with Gasteiger partial charge < -0.3 is 9.64 Å².